The quantitative estimate of drug-likeness (QED) is 0.830. The predicted octanol–water partition coefficient (Wildman–Crippen LogP) is 3.10. The lowest BCUT2D eigenvalue weighted by Crippen LogP contribution is -2.27. The predicted molar refractivity (Wildman–Crippen MR) is 72.2 cm³/mol. The van der Waals surface area contributed by atoms with Gasteiger partial charge in [-0.1, -0.05) is 18.2 Å². The first-order valence-corrected chi connectivity index (χ1v) is 6.69. The summed E-state index contributed by atoms with van der Waals surface area (Å²) in [7, 11) is 0. The van der Waals surface area contributed by atoms with Crippen LogP contribution in [0.4, 0.5) is 0 Å². The fourth-order valence-electron chi connectivity index (χ4n) is 2.80. The second-order valence-corrected chi connectivity index (χ2v) is 5.11. The van der Waals surface area contributed by atoms with E-state index in [2.05, 4.69) is 40.6 Å². The number of H-pyrrole nitrogens is 1. The largest absolute Gasteiger partial charge is 0.358 e. The van der Waals surface area contributed by atoms with Crippen LogP contribution in [0.5, 0.6) is 0 Å². The minimum atomic E-state index is 0.919. The average Bonchev–Trinajstić information content (AvgIpc) is 2.80. The fourth-order valence-corrected chi connectivity index (χ4v) is 2.80. The van der Waals surface area contributed by atoms with Crippen molar-refractivity contribution in [3.63, 3.8) is 0 Å². The number of para-hydroxylation sites is 1. The van der Waals surface area contributed by atoms with E-state index in [1.165, 1.54) is 55.4 Å². The van der Waals surface area contributed by atoms with Gasteiger partial charge in [0.05, 0.1) is 0 Å². The number of fused-ring (bicyclic) bond motifs is 1. The van der Waals surface area contributed by atoms with E-state index in [9.17, 15) is 0 Å². The van der Waals surface area contributed by atoms with Crippen molar-refractivity contribution in [2.24, 2.45) is 5.92 Å². The van der Waals surface area contributed by atoms with Crippen LogP contribution in [0.25, 0.3) is 10.9 Å². The van der Waals surface area contributed by atoms with Crippen molar-refractivity contribution in [1.82, 2.24) is 10.3 Å². The molecule has 2 nitrogen and oxygen atoms in total. The molecule has 1 aromatic heterocycles. The van der Waals surface area contributed by atoms with Gasteiger partial charge in [-0.05, 0) is 62.2 Å². The SMILES string of the molecule is c1ccc2[nH]c(CCC3CCNCC3)cc2c1. The molecule has 0 unspecified atom stereocenters. The van der Waals surface area contributed by atoms with Crippen molar-refractivity contribution >= 4 is 10.9 Å². The summed E-state index contributed by atoms with van der Waals surface area (Å²) in [5.74, 6) is 0.919. The van der Waals surface area contributed by atoms with Crippen molar-refractivity contribution in [3.8, 4) is 0 Å². The average molecular weight is 228 g/mol. The summed E-state index contributed by atoms with van der Waals surface area (Å²) >= 11 is 0. The maximum atomic E-state index is 3.52. The lowest BCUT2D eigenvalue weighted by molar-refractivity contribution is 0.353. The van der Waals surface area contributed by atoms with Gasteiger partial charge in [0.25, 0.3) is 0 Å². The van der Waals surface area contributed by atoms with E-state index >= 15 is 0 Å². The van der Waals surface area contributed by atoms with E-state index in [0.717, 1.165) is 5.92 Å². The van der Waals surface area contributed by atoms with Crippen LogP contribution in [-0.4, -0.2) is 18.1 Å². The van der Waals surface area contributed by atoms with Crippen LogP contribution >= 0.6 is 0 Å². The summed E-state index contributed by atoms with van der Waals surface area (Å²) in [5, 5.41) is 4.77. The number of hydrogen-bond acceptors (Lipinski definition) is 1. The van der Waals surface area contributed by atoms with Gasteiger partial charge in [0.2, 0.25) is 0 Å². The third kappa shape index (κ3) is 2.52. The van der Waals surface area contributed by atoms with E-state index < -0.39 is 0 Å². The Morgan fingerprint density at radius 2 is 1.94 bits per heavy atom. The van der Waals surface area contributed by atoms with Gasteiger partial charge < -0.3 is 10.3 Å². The Labute approximate surface area is 102 Å². The zero-order chi connectivity index (χ0) is 11.5. The molecule has 0 spiro atoms. The Kier molecular flexibility index (Phi) is 3.14. The molecule has 0 bridgehead atoms. The molecule has 1 aromatic carbocycles. The number of aromatic amines is 1. The maximum absolute atomic E-state index is 3.52. The minimum absolute atomic E-state index is 0.919. The van der Waals surface area contributed by atoms with Crippen LogP contribution in [0.2, 0.25) is 0 Å². The Hall–Kier alpha value is -1.28. The number of piperidine rings is 1. The van der Waals surface area contributed by atoms with Crippen LogP contribution in [0.3, 0.4) is 0 Å². The molecule has 1 fully saturated rings. The molecule has 2 heterocycles. The van der Waals surface area contributed by atoms with Gasteiger partial charge in [0.1, 0.15) is 0 Å². The maximum Gasteiger partial charge on any atom is 0.0456 e. The summed E-state index contributed by atoms with van der Waals surface area (Å²) in [6.45, 7) is 2.41. The lowest BCUT2D eigenvalue weighted by Gasteiger charge is -2.22. The van der Waals surface area contributed by atoms with Crippen molar-refractivity contribution in [3.05, 3.63) is 36.0 Å². The molecule has 1 saturated heterocycles. The second-order valence-electron chi connectivity index (χ2n) is 5.11. The summed E-state index contributed by atoms with van der Waals surface area (Å²) < 4.78 is 0. The zero-order valence-corrected chi connectivity index (χ0v) is 10.2. The van der Waals surface area contributed by atoms with Gasteiger partial charge in [-0.2, -0.15) is 0 Å². The lowest BCUT2D eigenvalue weighted by atomic mass is 9.92. The van der Waals surface area contributed by atoms with E-state index in [-0.39, 0.29) is 0 Å². The fraction of sp³-hybridized carbons (Fsp3) is 0.467. The van der Waals surface area contributed by atoms with E-state index in [1.807, 2.05) is 0 Å². The highest BCUT2D eigenvalue weighted by molar-refractivity contribution is 5.80. The molecule has 17 heavy (non-hydrogen) atoms. The van der Waals surface area contributed by atoms with E-state index in [1.54, 1.807) is 0 Å². The first-order valence-electron chi connectivity index (χ1n) is 6.69. The molecule has 2 aromatic rings. The number of hydrogen-bond donors (Lipinski definition) is 2. The standard InChI is InChI=1S/C15H20N2/c1-2-4-15-13(3-1)11-14(17-15)6-5-12-7-9-16-10-8-12/h1-4,11-12,16-17H,5-10H2. The van der Waals surface area contributed by atoms with Crippen molar-refractivity contribution in [1.29, 1.82) is 0 Å². The Balaban J connectivity index is 1.64. The monoisotopic (exact) mass is 228 g/mol. The highest BCUT2D eigenvalue weighted by Crippen LogP contribution is 2.21. The molecule has 3 rings (SSSR count). The van der Waals surface area contributed by atoms with E-state index in [4.69, 9.17) is 0 Å². The Morgan fingerprint density at radius 1 is 1.12 bits per heavy atom. The first-order chi connectivity index (χ1) is 8.42. The molecule has 0 aliphatic carbocycles. The zero-order valence-electron chi connectivity index (χ0n) is 10.2. The van der Waals surface area contributed by atoms with Crippen molar-refractivity contribution in [2.45, 2.75) is 25.7 Å². The molecule has 0 radical (unpaired) electrons. The van der Waals surface area contributed by atoms with Crippen LogP contribution in [-0.2, 0) is 6.42 Å². The van der Waals surface area contributed by atoms with Crippen molar-refractivity contribution < 1.29 is 0 Å². The third-order valence-corrected chi connectivity index (χ3v) is 3.87. The summed E-state index contributed by atoms with van der Waals surface area (Å²) in [6, 6.07) is 10.8. The Bertz CT molecular complexity index is 447. The van der Waals surface area contributed by atoms with E-state index in [0.29, 0.717) is 0 Å². The van der Waals surface area contributed by atoms with Gasteiger partial charge in [-0.3, -0.25) is 0 Å². The van der Waals surface area contributed by atoms with Crippen LogP contribution in [0.15, 0.2) is 30.3 Å². The summed E-state index contributed by atoms with van der Waals surface area (Å²) in [5.41, 5.74) is 2.66. The van der Waals surface area contributed by atoms with Gasteiger partial charge in [-0.25, -0.2) is 0 Å². The number of nitrogens with one attached hydrogen (secondary N) is 2. The molecule has 1 aliphatic rings. The molecule has 1 aliphatic heterocycles. The van der Waals surface area contributed by atoms with Gasteiger partial charge in [0, 0.05) is 11.2 Å². The van der Waals surface area contributed by atoms with Crippen LogP contribution in [0, 0.1) is 5.92 Å². The molecule has 0 saturated carbocycles. The molecule has 0 amide bonds. The number of aryl methyl sites for hydroxylation is 1. The molecular formula is C15H20N2. The van der Waals surface area contributed by atoms with Crippen LogP contribution in [0.1, 0.15) is 25.0 Å². The molecule has 2 heteroatoms. The molecule has 2 N–H and O–H groups in total. The highest BCUT2D eigenvalue weighted by atomic mass is 14.9. The first kappa shape index (κ1) is 10.8. The van der Waals surface area contributed by atoms with Crippen LogP contribution < -0.4 is 5.32 Å². The van der Waals surface area contributed by atoms with Crippen molar-refractivity contribution in [2.75, 3.05) is 13.1 Å². The van der Waals surface area contributed by atoms with Gasteiger partial charge in [-0.15, -0.1) is 0 Å². The Morgan fingerprint density at radius 3 is 2.76 bits per heavy atom. The topological polar surface area (TPSA) is 27.8 Å². The number of aromatic nitrogens is 1. The summed E-state index contributed by atoms with van der Waals surface area (Å²) in [4.78, 5) is 3.52. The second kappa shape index (κ2) is 4.92. The van der Waals surface area contributed by atoms with Gasteiger partial charge >= 0.3 is 0 Å². The normalized spacial score (nSPS) is 17.6. The number of rotatable bonds is 3. The summed E-state index contributed by atoms with van der Waals surface area (Å²) in [6.07, 6.45) is 5.22. The molecular weight excluding hydrogens is 208 g/mol. The number of benzene rings is 1. The van der Waals surface area contributed by atoms with Gasteiger partial charge in [0.15, 0.2) is 0 Å². The molecule has 0 atom stereocenters. The smallest absolute Gasteiger partial charge is 0.0456 e. The minimum Gasteiger partial charge on any atom is -0.358 e. The molecule has 90 valence electrons. The highest BCUT2D eigenvalue weighted by Gasteiger charge is 2.13. The third-order valence-electron chi connectivity index (χ3n) is 3.87.